The van der Waals surface area contributed by atoms with Crippen LogP contribution in [0.25, 0.3) is 0 Å². The molecule has 1 aromatic heterocycles. The van der Waals surface area contributed by atoms with E-state index >= 15 is 0 Å². The SMILES string of the molecule is COc1cc(Br)c(Br)c(/C=N/Nc2nc(Nc3ccccc3)nc(Nc3ccccc3)n2)c1O. The average molecular weight is 585 g/mol. The van der Waals surface area contributed by atoms with Gasteiger partial charge in [-0.05, 0) is 62.2 Å². The molecule has 0 aliphatic carbocycles. The number of hydrazone groups is 1. The van der Waals surface area contributed by atoms with Crippen LogP contribution in [0.3, 0.4) is 0 Å². The Morgan fingerprint density at radius 1 is 0.853 bits per heavy atom. The lowest BCUT2D eigenvalue weighted by atomic mass is 10.2. The predicted molar refractivity (Wildman–Crippen MR) is 141 cm³/mol. The zero-order valence-electron chi connectivity index (χ0n) is 17.8. The van der Waals surface area contributed by atoms with Gasteiger partial charge in [0.15, 0.2) is 11.5 Å². The molecule has 0 amide bonds. The van der Waals surface area contributed by atoms with Crippen LogP contribution in [0.2, 0.25) is 0 Å². The van der Waals surface area contributed by atoms with Crippen molar-refractivity contribution in [3.8, 4) is 11.5 Å². The Morgan fingerprint density at radius 2 is 1.38 bits per heavy atom. The summed E-state index contributed by atoms with van der Waals surface area (Å²) in [4.78, 5) is 13.2. The van der Waals surface area contributed by atoms with Crippen molar-refractivity contribution in [1.82, 2.24) is 15.0 Å². The fourth-order valence-corrected chi connectivity index (χ4v) is 3.71. The Labute approximate surface area is 212 Å². The number of para-hydroxylation sites is 2. The Balaban J connectivity index is 1.62. The number of rotatable bonds is 8. The molecule has 0 aliphatic rings. The number of phenols is 1. The van der Waals surface area contributed by atoms with Crippen LogP contribution in [0.5, 0.6) is 11.5 Å². The summed E-state index contributed by atoms with van der Waals surface area (Å²) in [5, 5.41) is 21.0. The standard InChI is InChI=1S/C23H19Br2N7O2/c1-34-18-12-17(24)19(25)16(20(18)33)13-26-32-23-30-21(27-14-8-4-2-5-9-14)29-22(31-23)28-15-10-6-3-7-11-15/h2-13,33H,1H3,(H3,27,28,29,30,31,32)/b26-13+. The molecule has 4 aromatic rings. The number of nitrogens with zero attached hydrogens (tertiary/aromatic N) is 4. The van der Waals surface area contributed by atoms with Crippen molar-refractivity contribution >= 4 is 67.3 Å². The van der Waals surface area contributed by atoms with Crippen molar-refractivity contribution in [2.75, 3.05) is 23.2 Å². The minimum atomic E-state index is -0.0587. The summed E-state index contributed by atoms with van der Waals surface area (Å²) < 4.78 is 6.52. The third-order valence-electron chi connectivity index (χ3n) is 4.47. The second-order valence-electron chi connectivity index (χ2n) is 6.80. The zero-order chi connectivity index (χ0) is 23.9. The summed E-state index contributed by atoms with van der Waals surface area (Å²) in [6, 6.07) is 20.7. The minimum absolute atomic E-state index is 0.0587. The van der Waals surface area contributed by atoms with Crippen LogP contribution in [-0.2, 0) is 0 Å². The van der Waals surface area contributed by atoms with Crippen LogP contribution < -0.4 is 20.8 Å². The third-order valence-corrected chi connectivity index (χ3v) is 6.48. The number of benzene rings is 3. The molecule has 0 radical (unpaired) electrons. The zero-order valence-corrected chi connectivity index (χ0v) is 21.0. The second-order valence-corrected chi connectivity index (χ2v) is 8.44. The molecule has 9 nitrogen and oxygen atoms in total. The molecule has 34 heavy (non-hydrogen) atoms. The van der Waals surface area contributed by atoms with Gasteiger partial charge in [-0.1, -0.05) is 36.4 Å². The molecular formula is C23H19Br2N7O2. The molecule has 1 heterocycles. The molecule has 0 aliphatic heterocycles. The molecule has 0 saturated carbocycles. The largest absolute Gasteiger partial charge is 0.504 e. The molecule has 0 unspecified atom stereocenters. The first-order valence-corrected chi connectivity index (χ1v) is 11.6. The topological polar surface area (TPSA) is 117 Å². The third kappa shape index (κ3) is 5.80. The van der Waals surface area contributed by atoms with E-state index in [0.717, 1.165) is 11.4 Å². The summed E-state index contributed by atoms with van der Waals surface area (Å²) in [7, 11) is 1.47. The molecule has 11 heteroatoms. The first-order chi connectivity index (χ1) is 16.5. The summed E-state index contributed by atoms with van der Waals surface area (Å²) >= 11 is 6.86. The number of anilines is 5. The molecule has 3 aromatic carbocycles. The van der Waals surface area contributed by atoms with Gasteiger partial charge in [0.2, 0.25) is 17.8 Å². The molecule has 172 valence electrons. The van der Waals surface area contributed by atoms with Crippen molar-refractivity contribution in [2.45, 2.75) is 0 Å². The van der Waals surface area contributed by atoms with Gasteiger partial charge in [0.1, 0.15) is 0 Å². The molecule has 0 bridgehead atoms. The van der Waals surface area contributed by atoms with Gasteiger partial charge in [0.25, 0.3) is 0 Å². The predicted octanol–water partition coefficient (Wildman–Crippen LogP) is 6.04. The Morgan fingerprint density at radius 3 is 1.91 bits per heavy atom. The van der Waals surface area contributed by atoms with Gasteiger partial charge in [-0.15, -0.1) is 0 Å². The van der Waals surface area contributed by atoms with Crippen LogP contribution in [0.15, 0.2) is 80.8 Å². The quantitative estimate of drug-likeness (QED) is 0.146. The number of aromatic nitrogens is 3. The highest BCUT2D eigenvalue weighted by Crippen LogP contribution is 2.39. The van der Waals surface area contributed by atoms with Crippen molar-refractivity contribution < 1.29 is 9.84 Å². The second kappa shape index (κ2) is 10.9. The monoisotopic (exact) mass is 583 g/mol. The highest BCUT2D eigenvalue weighted by Gasteiger charge is 2.14. The van der Waals surface area contributed by atoms with Gasteiger partial charge in [-0.3, -0.25) is 0 Å². The molecular weight excluding hydrogens is 566 g/mol. The summed E-state index contributed by atoms with van der Waals surface area (Å²) in [6.45, 7) is 0. The smallest absolute Gasteiger partial charge is 0.250 e. The maximum absolute atomic E-state index is 10.5. The van der Waals surface area contributed by atoms with Crippen molar-refractivity contribution in [2.24, 2.45) is 5.10 Å². The van der Waals surface area contributed by atoms with E-state index in [1.54, 1.807) is 6.07 Å². The minimum Gasteiger partial charge on any atom is -0.504 e. The molecule has 0 fully saturated rings. The van der Waals surface area contributed by atoms with Gasteiger partial charge in [-0.25, -0.2) is 5.43 Å². The highest BCUT2D eigenvalue weighted by atomic mass is 79.9. The lowest BCUT2D eigenvalue weighted by Crippen LogP contribution is -2.07. The first kappa shape index (κ1) is 23.5. The average Bonchev–Trinajstić information content (AvgIpc) is 2.85. The van der Waals surface area contributed by atoms with E-state index in [1.807, 2.05) is 60.7 Å². The maximum Gasteiger partial charge on any atom is 0.250 e. The van der Waals surface area contributed by atoms with Gasteiger partial charge in [0.05, 0.1) is 18.9 Å². The van der Waals surface area contributed by atoms with Crippen molar-refractivity contribution in [1.29, 1.82) is 0 Å². The number of nitrogens with one attached hydrogen (secondary N) is 3. The number of aromatic hydroxyl groups is 1. The van der Waals surface area contributed by atoms with E-state index in [1.165, 1.54) is 13.3 Å². The number of halogens is 2. The summed E-state index contributed by atoms with van der Waals surface area (Å²) in [6.07, 6.45) is 1.44. The van der Waals surface area contributed by atoms with E-state index in [9.17, 15) is 5.11 Å². The number of hydrogen-bond donors (Lipinski definition) is 4. The molecule has 4 rings (SSSR count). The van der Waals surface area contributed by atoms with Crippen molar-refractivity contribution in [3.63, 3.8) is 0 Å². The van der Waals surface area contributed by atoms with Gasteiger partial charge >= 0.3 is 0 Å². The van der Waals surface area contributed by atoms with Gasteiger partial charge in [-0.2, -0.15) is 20.1 Å². The fraction of sp³-hybridized carbons (Fsp3) is 0.0435. The summed E-state index contributed by atoms with van der Waals surface area (Å²) in [5.41, 5.74) is 4.86. The van der Waals surface area contributed by atoms with Crippen molar-refractivity contribution in [3.05, 3.63) is 81.2 Å². The van der Waals surface area contributed by atoms with Crippen LogP contribution in [0, 0.1) is 0 Å². The van der Waals surface area contributed by atoms with E-state index in [2.05, 4.69) is 68.0 Å². The fourth-order valence-electron chi connectivity index (χ4n) is 2.88. The van der Waals surface area contributed by atoms with Crippen LogP contribution >= 0.6 is 31.9 Å². The van der Waals surface area contributed by atoms with E-state index in [-0.39, 0.29) is 11.7 Å². The normalized spacial score (nSPS) is 10.8. The van der Waals surface area contributed by atoms with E-state index in [0.29, 0.717) is 32.2 Å². The van der Waals surface area contributed by atoms with Crippen LogP contribution in [0.4, 0.5) is 29.2 Å². The maximum atomic E-state index is 10.5. The van der Waals surface area contributed by atoms with E-state index < -0.39 is 0 Å². The lowest BCUT2D eigenvalue weighted by molar-refractivity contribution is 0.372. The van der Waals surface area contributed by atoms with Crippen LogP contribution in [0.1, 0.15) is 5.56 Å². The van der Waals surface area contributed by atoms with Crippen LogP contribution in [-0.4, -0.2) is 33.4 Å². The van der Waals surface area contributed by atoms with Gasteiger partial charge < -0.3 is 20.5 Å². The molecule has 0 saturated heterocycles. The Kier molecular flexibility index (Phi) is 7.55. The Bertz CT molecular complexity index is 1250. The first-order valence-electron chi connectivity index (χ1n) is 9.97. The number of methoxy groups -OCH3 is 1. The number of ether oxygens (including phenoxy) is 1. The summed E-state index contributed by atoms with van der Waals surface area (Å²) in [5.74, 6) is 1.09. The molecule has 4 N–H and O–H groups in total. The molecule has 0 atom stereocenters. The Hall–Kier alpha value is -3.70. The molecule has 0 spiro atoms. The van der Waals surface area contributed by atoms with E-state index in [4.69, 9.17) is 4.74 Å². The lowest BCUT2D eigenvalue weighted by Gasteiger charge is -2.11. The number of hydrogen-bond acceptors (Lipinski definition) is 9. The number of phenolic OH excluding ortho intramolecular Hbond substituents is 1. The van der Waals surface area contributed by atoms with Gasteiger partial charge in [0, 0.05) is 20.3 Å². The highest BCUT2D eigenvalue weighted by molar-refractivity contribution is 9.13.